The summed E-state index contributed by atoms with van der Waals surface area (Å²) in [6.07, 6.45) is 4.18. The second-order valence-electron chi connectivity index (χ2n) is 3.41. The minimum Gasteiger partial charge on any atom is -0.320 e. The highest BCUT2D eigenvalue weighted by atomic mass is 79.9. The summed E-state index contributed by atoms with van der Waals surface area (Å²) in [5.74, 6) is -1.40. The number of nitrogens with two attached hydrogens (primary N) is 1. The Labute approximate surface area is 105 Å². The van der Waals surface area contributed by atoms with E-state index in [1.54, 1.807) is 0 Å². The quantitative estimate of drug-likeness (QED) is 0.867. The van der Waals surface area contributed by atoms with Crippen molar-refractivity contribution in [1.29, 1.82) is 0 Å². The molecule has 1 aromatic carbocycles. The molecule has 0 aliphatic heterocycles. The van der Waals surface area contributed by atoms with Crippen LogP contribution in [0, 0.1) is 11.6 Å². The number of halogens is 3. The number of nitrogens with zero attached hydrogens (tertiary/aromatic N) is 2. The lowest BCUT2D eigenvalue weighted by atomic mass is 10.0. The lowest BCUT2D eigenvalue weighted by Crippen LogP contribution is -2.16. The van der Waals surface area contributed by atoms with Crippen molar-refractivity contribution in [1.82, 2.24) is 9.97 Å². The van der Waals surface area contributed by atoms with Crippen LogP contribution in [0.5, 0.6) is 0 Å². The van der Waals surface area contributed by atoms with E-state index in [0.717, 1.165) is 6.07 Å². The predicted molar refractivity (Wildman–Crippen MR) is 62.1 cm³/mol. The third-order valence-corrected chi connectivity index (χ3v) is 2.94. The number of rotatable bonds is 2. The Balaban J connectivity index is 2.51. The summed E-state index contributed by atoms with van der Waals surface area (Å²) in [5.41, 5.74) is 6.05. The molecule has 0 saturated heterocycles. The summed E-state index contributed by atoms with van der Waals surface area (Å²) in [5, 5.41) is 0. The molecule has 6 heteroatoms. The third-order valence-electron chi connectivity index (χ3n) is 2.33. The predicted octanol–water partition coefficient (Wildman–Crippen LogP) is 2.57. The Morgan fingerprint density at radius 2 is 1.82 bits per heavy atom. The minimum absolute atomic E-state index is 0.168. The zero-order chi connectivity index (χ0) is 12.4. The molecular formula is C11H8BrF2N3. The fourth-order valence-corrected chi connectivity index (χ4v) is 1.81. The molecule has 0 spiro atoms. The molecule has 0 saturated carbocycles. The van der Waals surface area contributed by atoms with Crippen LogP contribution >= 0.6 is 15.9 Å². The van der Waals surface area contributed by atoms with E-state index in [0.29, 0.717) is 5.56 Å². The second kappa shape index (κ2) is 4.85. The number of aromatic nitrogens is 2. The van der Waals surface area contributed by atoms with E-state index in [-0.39, 0.29) is 10.0 Å². The first-order valence-corrected chi connectivity index (χ1v) is 5.54. The average Bonchev–Trinajstić information content (AvgIpc) is 2.35. The highest BCUT2D eigenvalue weighted by Crippen LogP contribution is 2.28. The van der Waals surface area contributed by atoms with Gasteiger partial charge in [-0.2, -0.15) is 0 Å². The maximum atomic E-state index is 13.8. The normalized spacial score (nSPS) is 12.5. The van der Waals surface area contributed by atoms with Gasteiger partial charge in [0.1, 0.15) is 18.0 Å². The lowest BCUT2D eigenvalue weighted by molar-refractivity contribution is 0.539. The van der Waals surface area contributed by atoms with E-state index in [1.165, 1.54) is 24.8 Å². The van der Waals surface area contributed by atoms with Crippen molar-refractivity contribution in [3.63, 3.8) is 0 Å². The van der Waals surface area contributed by atoms with Gasteiger partial charge in [0.05, 0.1) is 10.5 Å². The van der Waals surface area contributed by atoms with Crippen molar-refractivity contribution in [2.45, 2.75) is 6.04 Å². The average molecular weight is 300 g/mol. The van der Waals surface area contributed by atoms with Gasteiger partial charge >= 0.3 is 0 Å². The second-order valence-corrected chi connectivity index (χ2v) is 4.26. The van der Waals surface area contributed by atoms with Crippen molar-refractivity contribution in [3.8, 4) is 0 Å². The molecule has 2 aromatic rings. The molecule has 0 aliphatic rings. The Kier molecular flexibility index (Phi) is 3.44. The lowest BCUT2D eigenvalue weighted by Gasteiger charge is -2.14. The molecule has 1 heterocycles. The van der Waals surface area contributed by atoms with Gasteiger partial charge in [-0.25, -0.2) is 18.7 Å². The van der Waals surface area contributed by atoms with Gasteiger partial charge < -0.3 is 5.73 Å². The van der Waals surface area contributed by atoms with Crippen LogP contribution in [0.15, 0.2) is 35.3 Å². The molecule has 2 N–H and O–H groups in total. The molecule has 2 rings (SSSR count). The Hall–Kier alpha value is -1.40. The molecule has 1 atom stereocenters. The molecule has 0 aliphatic carbocycles. The molecule has 0 amide bonds. The maximum absolute atomic E-state index is 13.8. The third kappa shape index (κ3) is 2.32. The highest BCUT2D eigenvalue weighted by Gasteiger charge is 2.20. The van der Waals surface area contributed by atoms with E-state index in [4.69, 9.17) is 5.73 Å². The molecule has 0 radical (unpaired) electrons. The van der Waals surface area contributed by atoms with Crippen molar-refractivity contribution in [2.24, 2.45) is 5.73 Å². The molecule has 1 aromatic heterocycles. The Bertz CT molecular complexity index is 534. The van der Waals surface area contributed by atoms with Crippen molar-refractivity contribution in [2.75, 3.05) is 0 Å². The largest absolute Gasteiger partial charge is 0.320 e. The number of hydrogen-bond donors (Lipinski definition) is 1. The van der Waals surface area contributed by atoms with Crippen LogP contribution in [0.1, 0.15) is 17.2 Å². The van der Waals surface area contributed by atoms with Crippen molar-refractivity contribution in [3.05, 3.63) is 58.1 Å². The van der Waals surface area contributed by atoms with Gasteiger partial charge in [-0.1, -0.05) is 0 Å². The smallest absolute Gasteiger partial charge is 0.145 e. The first-order chi connectivity index (χ1) is 8.11. The van der Waals surface area contributed by atoms with Crippen LogP contribution in [0.25, 0.3) is 0 Å². The molecule has 0 fully saturated rings. The first kappa shape index (κ1) is 12.1. The molecule has 1 unspecified atom stereocenters. The minimum atomic E-state index is -0.936. The van der Waals surface area contributed by atoms with Crippen LogP contribution in [0.4, 0.5) is 8.78 Å². The first-order valence-electron chi connectivity index (χ1n) is 4.75. The summed E-state index contributed by atoms with van der Waals surface area (Å²) in [7, 11) is 0. The Morgan fingerprint density at radius 3 is 2.47 bits per heavy atom. The van der Waals surface area contributed by atoms with Gasteiger partial charge in [-0.3, -0.25) is 0 Å². The van der Waals surface area contributed by atoms with Crippen LogP contribution in [0.2, 0.25) is 0 Å². The van der Waals surface area contributed by atoms with Crippen molar-refractivity contribution >= 4 is 15.9 Å². The standard InChI is InChI=1S/C11H8BrF2N3/c12-7-1-2-8(13)9(10(7)14)11(15)6-3-16-5-17-4-6/h1-5,11H,15H2. The van der Waals surface area contributed by atoms with Crippen LogP contribution < -0.4 is 5.73 Å². The van der Waals surface area contributed by atoms with Gasteiger partial charge in [-0.05, 0) is 28.1 Å². The summed E-state index contributed by atoms with van der Waals surface area (Å²) >= 11 is 2.99. The fraction of sp³-hybridized carbons (Fsp3) is 0.0909. The molecule has 3 nitrogen and oxygen atoms in total. The van der Waals surface area contributed by atoms with Crippen LogP contribution in [0.3, 0.4) is 0 Å². The monoisotopic (exact) mass is 299 g/mol. The topological polar surface area (TPSA) is 51.8 Å². The van der Waals surface area contributed by atoms with Crippen LogP contribution in [-0.2, 0) is 0 Å². The van der Waals surface area contributed by atoms with Gasteiger partial charge in [0.2, 0.25) is 0 Å². The summed E-state index contributed by atoms with van der Waals surface area (Å²) < 4.78 is 27.5. The maximum Gasteiger partial charge on any atom is 0.145 e. The molecule has 88 valence electrons. The van der Waals surface area contributed by atoms with E-state index < -0.39 is 17.7 Å². The van der Waals surface area contributed by atoms with E-state index >= 15 is 0 Å². The molecule has 0 bridgehead atoms. The van der Waals surface area contributed by atoms with Gasteiger partial charge in [0.25, 0.3) is 0 Å². The van der Waals surface area contributed by atoms with Crippen LogP contribution in [-0.4, -0.2) is 9.97 Å². The van der Waals surface area contributed by atoms with Crippen molar-refractivity contribution < 1.29 is 8.78 Å². The van der Waals surface area contributed by atoms with Gasteiger partial charge in [0.15, 0.2) is 0 Å². The molecular weight excluding hydrogens is 292 g/mol. The number of benzene rings is 1. The molecule has 17 heavy (non-hydrogen) atoms. The summed E-state index contributed by atoms with van der Waals surface area (Å²) in [6, 6.07) is 1.52. The zero-order valence-electron chi connectivity index (χ0n) is 8.57. The number of hydrogen-bond acceptors (Lipinski definition) is 3. The van der Waals surface area contributed by atoms with E-state index in [2.05, 4.69) is 25.9 Å². The fourth-order valence-electron chi connectivity index (χ4n) is 1.47. The van der Waals surface area contributed by atoms with E-state index in [1.807, 2.05) is 0 Å². The highest BCUT2D eigenvalue weighted by molar-refractivity contribution is 9.10. The summed E-state index contributed by atoms with van der Waals surface area (Å²) in [6.45, 7) is 0. The SMILES string of the molecule is NC(c1cncnc1)c1c(F)ccc(Br)c1F. The Morgan fingerprint density at radius 1 is 1.18 bits per heavy atom. The summed E-state index contributed by atoms with van der Waals surface area (Å²) in [4.78, 5) is 7.53. The zero-order valence-corrected chi connectivity index (χ0v) is 10.2. The van der Waals surface area contributed by atoms with E-state index in [9.17, 15) is 8.78 Å². The van der Waals surface area contributed by atoms with Gasteiger partial charge in [0, 0.05) is 23.5 Å². The van der Waals surface area contributed by atoms with Gasteiger partial charge in [-0.15, -0.1) is 0 Å².